The molecular weight excluding hydrogens is 470 g/mol. The number of ether oxygens (including phenoxy) is 1. The number of nitrogens with zero attached hydrogens (tertiary/aromatic N) is 1. The summed E-state index contributed by atoms with van der Waals surface area (Å²) in [7, 11) is 0. The first-order valence-corrected chi connectivity index (χ1v) is 9.85. The maximum atomic E-state index is 6.05. The van der Waals surface area contributed by atoms with Crippen molar-refractivity contribution in [3.05, 3.63) is 91.3 Å². The summed E-state index contributed by atoms with van der Waals surface area (Å²) in [4.78, 5) is 0. The number of benzene rings is 3. The third-order valence-corrected chi connectivity index (χ3v) is 5.08. The van der Waals surface area contributed by atoms with Gasteiger partial charge in [-0.3, -0.25) is 5.43 Å². The molecule has 7 heteroatoms. The van der Waals surface area contributed by atoms with Crippen molar-refractivity contribution in [3.63, 3.8) is 0 Å². The highest BCUT2D eigenvalue weighted by Gasteiger charge is 2.05. The highest BCUT2D eigenvalue weighted by molar-refractivity contribution is 9.10. The van der Waals surface area contributed by atoms with Gasteiger partial charge in [0.15, 0.2) is 0 Å². The zero-order valence-electron chi connectivity index (χ0n) is 13.9. The zero-order valence-corrected chi connectivity index (χ0v) is 17.8. The van der Waals surface area contributed by atoms with E-state index in [2.05, 4.69) is 26.5 Å². The maximum absolute atomic E-state index is 6.05. The van der Waals surface area contributed by atoms with Crippen LogP contribution in [-0.4, -0.2) is 6.21 Å². The van der Waals surface area contributed by atoms with Crippen LogP contribution < -0.4 is 10.2 Å². The van der Waals surface area contributed by atoms with E-state index in [1.54, 1.807) is 30.5 Å². The summed E-state index contributed by atoms with van der Waals surface area (Å²) in [5.74, 6) is 0.700. The van der Waals surface area contributed by atoms with Crippen molar-refractivity contribution in [2.75, 3.05) is 5.43 Å². The van der Waals surface area contributed by atoms with E-state index in [1.807, 2.05) is 36.4 Å². The smallest absolute Gasteiger partial charge is 0.128 e. The Hall–Kier alpha value is -1.72. The van der Waals surface area contributed by atoms with Crippen molar-refractivity contribution < 1.29 is 4.74 Å². The number of hydrogen-bond donors (Lipinski definition) is 1. The molecule has 0 radical (unpaired) electrons. The van der Waals surface area contributed by atoms with Crippen LogP contribution in [0.4, 0.5) is 5.69 Å². The van der Waals surface area contributed by atoms with Gasteiger partial charge in [0.05, 0.1) is 21.9 Å². The normalized spacial score (nSPS) is 11.0. The first-order chi connectivity index (χ1) is 13.0. The molecule has 138 valence electrons. The van der Waals surface area contributed by atoms with Crippen LogP contribution in [-0.2, 0) is 6.61 Å². The number of nitrogens with one attached hydrogen (secondary N) is 1. The van der Waals surface area contributed by atoms with Crippen molar-refractivity contribution in [2.24, 2.45) is 5.10 Å². The Morgan fingerprint density at radius 1 is 0.926 bits per heavy atom. The summed E-state index contributed by atoms with van der Waals surface area (Å²) < 4.78 is 6.86. The van der Waals surface area contributed by atoms with Gasteiger partial charge < -0.3 is 4.74 Å². The average Bonchev–Trinajstić information content (AvgIpc) is 2.65. The summed E-state index contributed by atoms with van der Waals surface area (Å²) in [5.41, 5.74) is 5.55. The van der Waals surface area contributed by atoms with Crippen LogP contribution in [0.2, 0.25) is 15.1 Å². The molecule has 3 rings (SSSR count). The van der Waals surface area contributed by atoms with Crippen LogP contribution in [0.25, 0.3) is 0 Å². The minimum Gasteiger partial charge on any atom is -0.488 e. The van der Waals surface area contributed by atoms with E-state index in [1.165, 1.54) is 0 Å². The van der Waals surface area contributed by atoms with Gasteiger partial charge in [-0.1, -0.05) is 56.8 Å². The van der Waals surface area contributed by atoms with Crippen molar-refractivity contribution in [3.8, 4) is 5.75 Å². The molecule has 0 aliphatic heterocycles. The second-order valence-electron chi connectivity index (χ2n) is 5.60. The Labute approximate surface area is 181 Å². The molecule has 0 saturated heterocycles. The Morgan fingerprint density at radius 2 is 1.70 bits per heavy atom. The van der Waals surface area contributed by atoms with Gasteiger partial charge >= 0.3 is 0 Å². The average molecular weight is 485 g/mol. The van der Waals surface area contributed by atoms with E-state index in [0.717, 1.165) is 21.3 Å². The van der Waals surface area contributed by atoms with Crippen LogP contribution in [0.15, 0.2) is 70.2 Å². The van der Waals surface area contributed by atoms with Gasteiger partial charge in [0, 0.05) is 15.1 Å². The lowest BCUT2D eigenvalue weighted by atomic mass is 10.2. The fourth-order valence-electron chi connectivity index (χ4n) is 2.24. The van der Waals surface area contributed by atoms with Crippen LogP contribution in [0.5, 0.6) is 5.75 Å². The predicted molar refractivity (Wildman–Crippen MR) is 118 cm³/mol. The Bertz CT molecular complexity index is 962. The van der Waals surface area contributed by atoms with Crippen molar-refractivity contribution in [2.45, 2.75) is 6.61 Å². The third kappa shape index (κ3) is 5.88. The molecule has 27 heavy (non-hydrogen) atoms. The maximum Gasteiger partial charge on any atom is 0.128 e. The SMILES string of the molecule is Clc1ccc(NN=Cc2cc(Br)ccc2OCc2ccc(Cl)c(Cl)c2)cc1. The van der Waals surface area contributed by atoms with Gasteiger partial charge in [-0.2, -0.15) is 5.10 Å². The Balaban J connectivity index is 1.71. The van der Waals surface area contributed by atoms with E-state index in [9.17, 15) is 0 Å². The minimum absolute atomic E-state index is 0.365. The van der Waals surface area contributed by atoms with E-state index in [-0.39, 0.29) is 0 Å². The second kappa shape index (κ2) is 9.47. The second-order valence-corrected chi connectivity index (χ2v) is 7.76. The number of rotatable bonds is 6. The highest BCUT2D eigenvalue weighted by Crippen LogP contribution is 2.26. The molecule has 0 unspecified atom stereocenters. The molecule has 0 bridgehead atoms. The van der Waals surface area contributed by atoms with Crippen LogP contribution in [0.1, 0.15) is 11.1 Å². The number of hydrogen-bond acceptors (Lipinski definition) is 3. The van der Waals surface area contributed by atoms with Crippen molar-refractivity contribution >= 4 is 62.6 Å². The van der Waals surface area contributed by atoms with Gasteiger partial charge in [-0.25, -0.2) is 0 Å². The molecule has 3 aromatic carbocycles. The summed E-state index contributed by atoms with van der Waals surface area (Å²) in [6, 6.07) is 18.4. The van der Waals surface area contributed by atoms with E-state index >= 15 is 0 Å². The van der Waals surface area contributed by atoms with Crippen LogP contribution >= 0.6 is 50.7 Å². The molecule has 3 aromatic rings. The lowest BCUT2D eigenvalue weighted by molar-refractivity contribution is 0.306. The molecule has 0 saturated carbocycles. The van der Waals surface area contributed by atoms with Gasteiger partial charge in [-0.15, -0.1) is 0 Å². The van der Waals surface area contributed by atoms with Crippen LogP contribution in [0, 0.1) is 0 Å². The molecule has 0 heterocycles. The van der Waals surface area contributed by atoms with Gasteiger partial charge in [-0.05, 0) is 60.2 Å². The molecule has 0 spiro atoms. The Kier molecular flexibility index (Phi) is 7.02. The number of halogens is 4. The molecule has 1 N–H and O–H groups in total. The first-order valence-electron chi connectivity index (χ1n) is 7.92. The van der Waals surface area contributed by atoms with Crippen molar-refractivity contribution in [1.82, 2.24) is 0 Å². The van der Waals surface area contributed by atoms with Gasteiger partial charge in [0.25, 0.3) is 0 Å². The molecule has 0 amide bonds. The first kappa shape index (κ1) is 20.0. The quantitative estimate of drug-likeness (QED) is 0.291. The molecule has 0 aliphatic rings. The fourth-order valence-corrected chi connectivity index (χ4v) is 3.07. The summed E-state index contributed by atoms with van der Waals surface area (Å²) in [6.07, 6.45) is 1.70. The van der Waals surface area contributed by atoms with Gasteiger partial charge in [0.2, 0.25) is 0 Å². The standard InChI is InChI=1S/C20H14BrCl3N2O/c21-15-2-8-20(27-12-13-1-7-18(23)19(24)9-13)14(10-15)11-25-26-17-5-3-16(22)4-6-17/h1-11,26H,12H2. The zero-order chi connectivity index (χ0) is 19.2. The molecule has 0 fully saturated rings. The molecular formula is C20H14BrCl3N2O. The molecule has 0 aliphatic carbocycles. The highest BCUT2D eigenvalue weighted by atomic mass is 79.9. The number of anilines is 1. The summed E-state index contributed by atoms with van der Waals surface area (Å²) in [6.45, 7) is 0.365. The predicted octanol–water partition coefficient (Wildman–Crippen LogP) is 7.43. The molecule has 3 nitrogen and oxygen atoms in total. The van der Waals surface area contributed by atoms with E-state index < -0.39 is 0 Å². The fraction of sp³-hybridized carbons (Fsp3) is 0.0500. The van der Waals surface area contributed by atoms with E-state index in [4.69, 9.17) is 39.5 Å². The lowest BCUT2D eigenvalue weighted by Gasteiger charge is -2.10. The Morgan fingerprint density at radius 3 is 2.44 bits per heavy atom. The number of hydrazone groups is 1. The lowest BCUT2D eigenvalue weighted by Crippen LogP contribution is -1.99. The summed E-state index contributed by atoms with van der Waals surface area (Å²) >= 11 is 21.4. The van der Waals surface area contributed by atoms with Gasteiger partial charge in [0.1, 0.15) is 12.4 Å². The van der Waals surface area contributed by atoms with Crippen molar-refractivity contribution in [1.29, 1.82) is 0 Å². The van der Waals surface area contributed by atoms with Crippen LogP contribution in [0.3, 0.4) is 0 Å². The third-order valence-electron chi connectivity index (χ3n) is 3.59. The molecule has 0 atom stereocenters. The topological polar surface area (TPSA) is 33.6 Å². The minimum atomic E-state index is 0.365. The summed E-state index contributed by atoms with van der Waals surface area (Å²) in [5, 5.41) is 5.96. The molecule has 0 aromatic heterocycles. The van der Waals surface area contributed by atoms with E-state index in [0.29, 0.717) is 27.4 Å². The monoisotopic (exact) mass is 482 g/mol. The largest absolute Gasteiger partial charge is 0.488 e.